The van der Waals surface area contributed by atoms with Gasteiger partial charge in [0.15, 0.2) is 12.4 Å². The lowest BCUT2D eigenvalue weighted by Gasteiger charge is -2.30. The Kier molecular flexibility index (Phi) is 2.74. The van der Waals surface area contributed by atoms with Crippen LogP contribution in [0.15, 0.2) is 30.6 Å². The molecule has 2 aliphatic rings. The first-order valence-corrected chi connectivity index (χ1v) is 8.53. The molecular formula is C15H20NO4S+. The van der Waals surface area contributed by atoms with Gasteiger partial charge in [-0.05, 0) is 18.3 Å². The van der Waals surface area contributed by atoms with Gasteiger partial charge in [-0.15, -0.1) is 0 Å². The molecule has 3 atom stereocenters. The molecule has 3 rings (SSSR count). The SMILES string of the molecule is CC12CCC(C1(C)C)C([n+]1ccccc1)(S(=O)(=O)O)C2=O. The minimum absolute atomic E-state index is 0.394. The van der Waals surface area contributed by atoms with Crippen LogP contribution in [0.1, 0.15) is 33.6 Å². The molecule has 1 N–H and O–H groups in total. The molecule has 2 aliphatic carbocycles. The number of carbonyl (C=O) groups is 1. The molecular weight excluding hydrogens is 290 g/mol. The number of pyridine rings is 1. The first kappa shape index (κ1) is 14.7. The summed E-state index contributed by atoms with van der Waals surface area (Å²) in [6, 6.07) is 5.09. The highest BCUT2D eigenvalue weighted by molar-refractivity contribution is 7.87. The first-order valence-electron chi connectivity index (χ1n) is 7.09. The Morgan fingerprint density at radius 1 is 1.19 bits per heavy atom. The van der Waals surface area contributed by atoms with Gasteiger partial charge in [-0.25, -0.2) is 0 Å². The van der Waals surface area contributed by atoms with Crippen LogP contribution in [0.25, 0.3) is 0 Å². The molecule has 0 spiro atoms. The average Bonchev–Trinajstić information content (AvgIpc) is 2.70. The standard InChI is InChI=1S/C15H19NO4S/c1-13(2)11-7-8-14(13,3)12(17)15(11,21(18,19)20)16-9-5-4-6-10-16/h4-6,9-11H,7-8H2,1-3H3/p+1. The van der Waals surface area contributed by atoms with Gasteiger partial charge in [0.2, 0.25) is 5.78 Å². The predicted molar refractivity (Wildman–Crippen MR) is 75.8 cm³/mol. The van der Waals surface area contributed by atoms with Gasteiger partial charge in [0.25, 0.3) is 0 Å². The van der Waals surface area contributed by atoms with Crippen LogP contribution < -0.4 is 4.57 Å². The second-order valence-electron chi connectivity index (χ2n) is 6.93. The molecule has 2 saturated carbocycles. The van der Waals surface area contributed by atoms with Crippen molar-refractivity contribution in [2.24, 2.45) is 16.7 Å². The third-order valence-corrected chi connectivity index (χ3v) is 7.48. The van der Waals surface area contributed by atoms with Crippen LogP contribution in [0.4, 0.5) is 0 Å². The average molecular weight is 310 g/mol. The van der Waals surface area contributed by atoms with Gasteiger partial charge in [-0.3, -0.25) is 9.35 Å². The number of Topliss-reactive ketones (excluding diaryl/α,β-unsaturated/α-hetero) is 1. The van der Waals surface area contributed by atoms with Crippen molar-refractivity contribution in [3.05, 3.63) is 30.6 Å². The second-order valence-corrected chi connectivity index (χ2v) is 8.50. The predicted octanol–water partition coefficient (Wildman–Crippen LogP) is 1.54. The minimum atomic E-state index is -4.59. The van der Waals surface area contributed by atoms with Crippen LogP contribution >= 0.6 is 0 Å². The van der Waals surface area contributed by atoms with Crippen LogP contribution in [0.3, 0.4) is 0 Å². The Hall–Kier alpha value is -1.27. The summed E-state index contributed by atoms with van der Waals surface area (Å²) < 4.78 is 36.0. The van der Waals surface area contributed by atoms with Gasteiger partial charge < -0.3 is 0 Å². The molecule has 0 aromatic carbocycles. The number of aromatic nitrogens is 1. The third kappa shape index (κ3) is 1.42. The Morgan fingerprint density at radius 2 is 1.76 bits per heavy atom. The van der Waals surface area contributed by atoms with Crippen molar-refractivity contribution in [3.63, 3.8) is 0 Å². The zero-order valence-corrected chi connectivity index (χ0v) is 13.2. The Balaban J connectivity index is 2.38. The highest BCUT2D eigenvalue weighted by Gasteiger charge is 2.83. The fourth-order valence-corrected chi connectivity index (χ4v) is 6.11. The molecule has 0 amide bonds. The highest BCUT2D eigenvalue weighted by Crippen LogP contribution is 2.68. The lowest BCUT2D eigenvalue weighted by Crippen LogP contribution is -2.68. The largest absolute Gasteiger partial charge is 0.352 e. The van der Waals surface area contributed by atoms with Crippen molar-refractivity contribution < 1.29 is 22.3 Å². The molecule has 1 aromatic rings. The van der Waals surface area contributed by atoms with E-state index < -0.39 is 37.5 Å². The Bertz CT molecular complexity index is 712. The molecule has 5 nitrogen and oxygen atoms in total. The van der Waals surface area contributed by atoms with E-state index in [2.05, 4.69) is 0 Å². The van der Waals surface area contributed by atoms with Crippen LogP contribution in [0.5, 0.6) is 0 Å². The van der Waals surface area contributed by atoms with Gasteiger partial charge in [0.1, 0.15) is 0 Å². The summed E-state index contributed by atoms with van der Waals surface area (Å²) >= 11 is 0. The number of rotatable bonds is 2. The normalized spacial score (nSPS) is 37.9. The monoisotopic (exact) mass is 310 g/mol. The zero-order valence-electron chi connectivity index (χ0n) is 12.4. The van der Waals surface area contributed by atoms with E-state index in [4.69, 9.17) is 0 Å². The number of nitrogens with zero attached hydrogens (tertiary/aromatic N) is 1. The van der Waals surface area contributed by atoms with E-state index in [1.807, 2.05) is 20.8 Å². The number of fused-ring (bicyclic) bond motifs is 2. The summed E-state index contributed by atoms with van der Waals surface area (Å²) in [4.78, 5) is 11.2. The summed E-state index contributed by atoms with van der Waals surface area (Å²) in [5.41, 5.74) is -1.22. The molecule has 0 radical (unpaired) electrons. The third-order valence-electron chi connectivity index (χ3n) is 6.02. The molecule has 3 unspecified atom stereocenters. The van der Waals surface area contributed by atoms with Crippen molar-refractivity contribution in [1.82, 2.24) is 0 Å². The Morgan fingerprint density at radius 3 is 2.19 bits per heavy atom. The van der Waals surface area contributed by atoms with Gasteiger partial charge in [-0.1, -0.05) is 26.8 Å². The quantitative estimate of drug-likeness (QED) is 0.664. The lowest BCUT2D eigenvalue weighted by atomic mass is 9.70. The van der Waals surface area contributed by atoms with E-state index in [0.717, 1.165) is 0 Å². The van der Waals surface area contributed by atoms with Crippen molar-refractivity contribution in [1.29, 1.82) is 0 Å². The molecule has 2 fully saturated rings. The number of hydrogen-bond acceptors (Lipinski definition) is 3. The van der Waals surface area contributed by atoms with Crippen LogP contribution in [-0.4, -0.2) is 18.8 Å². The topological polar surface area (TPSA) is 75.3 Å². The van der Waals surface area contributed by atoms with Crippen LogP contribution in [0.2, 0.25) is 0 Å². The molecule has 2 bridgehead atoms. The summed E-state index contributed by atoms with van der Waals surface area (Å²) in [7, 11) is -4.59. The molecule has 0 saturated heterocycles. The first-order chi connectivity index (χ1) is 9.60. The molecule has 0 aliphatic heterocycles. The molecule has 1 heterocycles. The van der Waals surface area contributed by atoms with Crippen molar-refractivity contribution >= 4 is 15.9 Å². The molecule has 6 heteroatoms. The fourth-order valence-electron chi connectivity index (χ4n) is 4.49. The van der Waals surface area contributed by atoms with Crippen LogP contribution in [-0.2, 0) is 19.8 Å². The minimum Gasteiger partial charge on any atom is -0.290 e. The van der Waals surface area contributed by atoms with Crippen molar-refractivity contribution in [3.8, 4) is 0 Å². The number of ketones is 1. The fraction of sp³-hybridized carbons (Fsp3) is 0.600. The Labute approximate surface area is 124 Å². The highest BCUT2D eigenvalue weighted by atomic mass is 32.2. The van der Waals surface area contributed by atoms with E-state index in [1.165, 1.54) is 4.57 Å². The second kappa shape index (κ2) is 3.93. The maximum atomic E-state index is 13.1. The van der Waals surface area contributed by atoms with Gasteiger partial charge in [0.05, 0.1) is 5.92 Å². The van der Waals surface area contributed by atoms with E-state index in [1.54, 1.807) is 30.6 Å². The van der Waals surface area contributed by atoms with Crippen molar-refractivity contribution in [2.75, 3.05) is 0 Å². The molecule has 114 valence electrons. The zero-order chi connectivity index (χ0) is 15.7. The summed E-state index contributed by atoms with van der Waals surface area (Å²) in [6.45, 7) is 5.68. The summed E-state index contributed by atoms with van der Waals surface area (Å²) in [6.07, 6.45) is 4.36. The van der Waals surface area contributed by atoms with Crippen molar-refractivity contribution in [2.45, 2.75) is 38.5 Å². The lowest BCUT2D eigenvalue weighted by molar-refractivity contribution is -0.733. The molecule has 21 heavy (non-hydrogen) atoms. The van der Waals surface area contributed by atoms with E-state index >= 15 is 0 Å². The van der Waals surface area contributed by atoms with Gasteiger partial charge >= 0.3 is 15.0 Å². The molecule has 1 aromatic heterocycles. The smallest absolute Gasteiger partial charge is 0.290 e. The maximum absolute atomic E-state index is 13.1. The van der Waals surface area contributed by atoms with Gasteiger partial charge in [-0.2, -0.15) is 13.0 Å². The van der Waals surface area contributed by atoms with E-state index in [9.17, 15) is 17.8 Å². The maximum Gasteiger partial charge on any atom is 0.352 e. The van der Waals surface area contributed by atoms with Gasteiger partial charge in [0, 0.05) is 17.5 Å². The summed E-state index contributed by atoms with van der Waals surface area (Å²) in [5.74, 6) is -0.833. The van der Waals surface area contributed by atoms with Crippen LogP contribution in [0, 0.1) is 16.7 Å². The number of hydrogen-bond donors (Lipinski definition) is 1. The number of carbonyl (C=O) groups excluding carboxylic acids is 1. The summed E-state index contributed by atoms with van der Waals surface area (Å²) in [5, 5.41) is 0. The van der Waals surface area contributed by atoms with E-state index in [-0.39, 0.29) is 0 Å². The van der Waals surface area contributed by atoms with E-state index in [0.29, 0.717) is 12.8 Å².